The van der Waals surface area contributed by atoms with Crippen molar-refractivity contribution in [2.75, 3.05) is 13.6 Å². The Balaban J connectivity index is 1.37. The number of nitrogens with zero attached hydrogens (tertiary/aromatic N) is 1. The van der Waals surface area contributed by atoms with Crippen molar-refractivity contribution in [3.63, 3.8) is 0 Å². The van der Waals surface area contributed by atoms with Gasteiger partial charge in [0, 0.05) is 50.9 Å². The van der Waals surface area contributed by atoms with Crippen LogP contribution >= 0.6 is 15.9 Å². The van der Waals surface area contributed by atoms with Crippen molar-refractivity contribution >= 4 is 49.1 Å². The van der Waals surface area contributed by atoms with Gasteiger partial charge in [0.15, 0.2) is 28.8 Å². The molecular formula is C31H20BrNO5. The predicted molar refractivity (Wildman–Crippen MR) is 147 cm³/mol. The third-order valence-electron chi connectivity index (χ3n) is 7.74. The molecule has 4 aromatic carbocycles. The van der Waals surface area contributed by atoms with Crippen LogP contribution in [0.2, 0.25) is 0 Å². The summed E-state index contributed by atoms with van der Waals surface area (Å²) in [5.74, 6) is 2.63. The minimum absolute atomic E-state index is 0.0262. The van der Waals surface area contributed by atoms with Crippen LogP contribution in [0.3, 0.4) is 0 Å². The first-order chi connectivity index (χ1) is 18.6. The Morgan fingerprint density at radius 3 is 2.32 bits per heavy atom. The number of hydrogen-bond donors (Lipinski definition) is 0. The molecule has 0 radical (unpaired) electrons. The molecule has 3 aliphatic rings. The molecule has 0 bridgehead atoms. The Hall–Kier alpha value is -4.23. The number of aromatic nitrogens is 1. The van der Waals surface area contributed by atoms with Gasteiger partial charge in [-0.3, -0.25) is 4.79 Å². The normalized spacial score (nSPS) is 15.1. The van der Waals surface area contributed by atoms with Crippen molar-refractivity contribution in [1.29, 1.82) is 0 Å². The first kappa shape index (κ1) is 21.8. The Kier molecular flexibility index (Phi) is 4.53. The van der Waals surface area contributed by atoms with E-state index < -0.39 is 0 Å². The van der Waals surface area contributed by atoms with Crippen LogP contribution in [0.4, 0.5) is 0 Å². The van der Waals surface area contributed by atoms with Crippen LogP contribution in [-0.4, -0.2) is 23.9 Å². The number of halogens is 1. The highest BCUT2D eigenvalue weighted by Gasteiger charge is 2.32. The highest BCUT2D eigenvalue weighted by Crippen LogP contribution is 2.47. The van der Waals surface area contributed by atoms with E-state index in [9.17, 15) is 4.79 Å². The number of allylic oxidation sites excluding steroid dienone is 1. The number of rotatable bonds is 3. The molecule has 1 aromatic heterocycles. The van der Waals surface area contributed by atoms with E-state index in [0.29, 0.717) is 35.0 Å². The average molecular weight is 566 g/mol. The summed E-state index contributed by atoms with van der Waals surface area (Å²) in [6.45, 7) is 0.362. The van der Waals surface area contributed by atoms with E-state index in [1.165, 1.54) is 5.39 Å². The molecule has 0 fully saturated rings. The van der Waals surface area contributed by atoms with E-state index in [-0.39, 0.29) is 19.4 Å². The second-order valence-corrected chi connectivity index (χ2v) is 10.6. The molecule has 0 amide bonds. The molecule has 7 heteroatoms. The van der Waals surface area contributed by atoms with Gasteiger partial charge in [0.2, 0.25) is 13.6 Å². The largest absolute Gasteiger partial charge is 0.454 e. The molecule has 0 unspecified atom stereocenters. The highest BCUT2D eigenvalue weighted by molar-refractivity contribution is 9.10. The molecule has 0 saturated carbocycles. The Bertz CT molecular complexity index is 1900. The van der Waals surface area contributed by atoms with E-state index in [1.807, 2.05) is 24.3 Å². The lowest BCUT2D eigenvalue weighted by Gasteiger charge is -2.11. The highest BCUT2D eigenvalue weighted by atomic mass is 79.9. The molecule has 5 aromatic rings. The lowest BCUT2D eigenvalue weighted by atomic mass is 9.93. The molecule has 0 spiro atoms. The zero-order chi connectivity index (χ0) is 25.5. The maximum absolute atomic E-state index is 14.2. The number of hydrogen-bond acceptors (Lipinski definition) is 5. The van der Waals surface area contributed by atoms with Gasteiger partial charge in [-0.05, 0) is 76.9 Å². The summed E-state index contributed by atoms with van der Waals surface area (Å²) in [4.78, 5) is 14.2. The first-order valence-electron chi connectivity index (χ1n) is 12.3. The summed E-state index contributed by atoms with van der Waals surface area (Å²) in [6.07, 6.45) is 0.523. The van der Waals surface area contributed by atoms with Gasteiger partial charge < -0.3 is 23.5 Å². The quantitative estimate of drug-likeness (QED) is 0.225. The van der Waals surface area contributed by atoms with Crippen LogP contribution < -0.4 is 18.9 Å². The second-order valence-electron chi connectivity index (χ2n) is 9.70. The van der Waals surface area contributed by atoms with Crippen LogP contribution in [-0.2, 0) is 13.5 Å². The molecule has 186 valence electrons. The van der Waals surface area contributed by atoms with E-state index >= 15 is 0 Å². The third kappa shape index (κ3) is 3.02. The fraction of sp³-hybridized carbons (Fsp3) is 0.129. The summed E-state index contributed by atoms with van der Waals surface area (Å²) in [5.41, 5.74) is 7.68. The first-order valence-corrected chi connectivity index (χ1v) is 13.1. The maximum atomic E-state index is 14.2. The van der Waals surface area contributed by atoms with E-state index in [0.717, 1.165) is 48.7 Å². The lowest BCUT2D eigenvalue weighted by molar-refractivity contribution is 0.103. The van der Waals surface area contributed by atoms with Crippen molar-refractivity contribution in [3.05, 3.63) is 99.0 Å². The molecule has 0 atom stereocenters. The zero-order valence-corrected chi connectivity index (χ0v) is 21.9. The van der Waals surface area contributed by atoms with Gasteiger partial charge in [-0.25, -0.2) is 0 Å². The molecule has 8 rings (SSSR count). The number of carbonyl (C=O) groups excluding carboxylic acids is 1. The number of ketones is 1. The zero-order valence-electron chi connectivity index (χ0n) is 20.3. The van der Waals surface area contributed by atoms with Gasteiger partial charge in [-0.1, -0.05) is 28.1 Å². The number of aryl methyl sites for hydroxylation is 1. The molecule has 0 N–H and O–H groups in total. The fourth-order valence-electron chi connectivity index (χ4n) is 5.98. The standard InChI is InChI=1S/C31H20BrNO5/c1-33-23-6-4-18(32)12-21(23)30-20-13-22(31(34)17-3-9-26-28(11-17)38-15-36-26)29(19(20)5-7-24(30)33)16-2-8-25-27(10-16)37-14-35-25/h2-12H,13-15H2,1H3. The summed E-state index contributed by atoms with van der Waals surface area (Å²) >= 11 is 3.65. The van der Waals surface area contributed by atoms with Crippen molar-refractivity contribution < 1.29 is 23.7 Å². The average Bonchev–Trinajstić information content (AvgIpc) is 3.71. The van der Waals surface area contributed by atoms with Gasteiger partial charge in [-0.15, -0.1) is 0 Å². The Morgan fingerprint density at radius 1 is 0.789 bits per heavy atom. The van der Waals surface area contributed by atoms with E-state index in [1.54, 1.807) is 12.1 Å². The number of benzene rings is 4. The van der Waals surface area contributed by atoms with Gasteiger partial charge in [-0.2, -0.15) is 0 Å². The molecule has 38 heavy (non-hydrogen) atoms. The molecule has 6 nitrogen and oxygen atoms in total. The second kappa shape index (κ2) is 7.88. The third-order valence-corrected chi connectivity index (χ3v) is 8.23. The molecule has 2 aliphatic heterocycles. The number of carbonyl (C=O) groups is 1. The SMILES string of the molecule is Cn1c2ccc(Br)cc2c2c3c(ccc21)C(c1ccc2c(c1)OCO2)=C(C(=O)c1ccc2c(c1)OCO2)C3. The van der Waals surface area contributed by atoms with Crippen molar-refractivity contribution in [1.82, 2.24) is 4.57 Å². The van der Waals surface area contributed by atoms with Gasteiger partial charge >= 0.3 is 0 Å². The summed E-state index contributed by atoms with van der Waals surface area (Å²) in [7, 11) is 2.09. The van der Waals surface area contributed by atoms with Crippen molar-refractivity contribution in [3.8, 4) is 23.0 Å². The van der Waals surface area contributed by atoms with Gasteiger partial charge in [0.1, 0.15) is 0 Å². The Morgan fingerprint density at radius 2 is 1.50 bits per heavy atom. The smallest absolute Gasteiger partial charge is 0.231 e. The Labute approximate surface area is 226 Å². The van der Waals surface area contributed by atoms with Gasteiger partial charge in [0.05, 0.1) is 0 Å². The van der Waals surface area contributed by atoms with Crippen LogP contribution in [0.5, 0.6) is 23.0 Å². The molecular weight excluding hydrogens is 546 g/mol. The minimum Gasteiger partial charge on any atom is -0.454 e. The topological polar surface area (TPSA) is 58.9 Å². The maximum Gasteiger partial charge on any atom is 0.231 e. The fourth-order valence-corrected chi connectivity index (χ4v) is 6.34. The molecule has 0 saturated heterocycles. The van der Waals surface area contributed by atoms with Crippen LogP contribution in [0.15, 0.2) is 76.8 Å². The number of ether oxygens (including phenoxy) is 4. The number of Topliss-reactive ketones (excluding diaryl/α,β-unsaturated/α-hetero) is 1. The lowest BCUT2D eigenvalue weighted by Crippen LogP contribution is -2.05. The van der Waals surface area contributed by atoms with Gasteiger partial charge in [0.25, 0.3) is 0 Å². The van der Waals surface area contributed by atoms with Crippen molar-refractivity contribution in [2.24, 2.45) is 7.05 Å². The van der Waals surface area contributed by atoms with E-state index in [2.05, 4.69) is 57.9 Å². The van der Waals surface area contributed by atoms with E-state index in [4.69, 9.17) is 18.9 Å². The van der Waals surface area contributed by atoms with Crippen LogP contribution in [0.1, 0.15) is 27.0 Å². The minimum atomic E-state index is -0.0262. The summed E-state index contributed by atoms with van der Waals surface area (Å²) in [5, 5.41) is 2.34. The number of fused-ring (bicyclic) bond motifs is 7. The summed E-state index contributed by atoms with van der Waals surface area (Å²) in [6, 6.07) is 22.0. The molecule has 1 aliphatic carbocycles. The van der Waals surface area contributed by atoms with Crippen molar-refractivity contribution in [2.45, 2.75) is 6.42 Å². The van der Waals surface area contributed by atoms with Crippen LogP contribution in [0, 0.1) is 0 Å². The van der Waals surface area contributed by atoms with Crippen LogP contribution in [0.25, 0.3) is 27.4 Å². The monoisotopic (exact) mass is 565 g/mol. The predicted octanol–water partition coefficient (Wildman–Crippen LogP) is 6.79. The summed E-state index contributed by atoms with van der Waals surface area (Å²) < 4.78 is 25.5. The molecule has 3 heterocycles.